The lowest BCUT2D eigenvalue weighted by Gasteiger charge is -2.27. The first-order chi connectivity index (χ1) is 16.5. The fourth-order valence-electron chi connectivity index (χ4n) is 4.49. The predicted octanol–water partition coefficient (Wildman–Crippen LogP) is 4.38. The molecule has 3 heterocycles. The number of amides is 2. The van der Waals surface area contributed by atoms with Crippen LogP contribution in [-0.4, -0.2) is 51.5 Å². The smallest absolute Gasteiger partial charge is 0.237 e. The molecular formula is C24H25ClN6O2S. The van der Waals surface area contributed by atoms with Crippen molar-refractivity contribution in [3.8, 4) is 5.69 Å². The van der Waals surface area contributed by atoms with Gasteiger partial charge in [-0.3, -0.25) is 14.2 Å². The van der Waals surface area contributed by atoms with Crippen LogP contribution < -0.4 is 15.1 Å². The van der Waals surface area contributed by atoms with E-state index in [1.165, 1.54) is 11.8 Å². The highest BCUT2D eigenvalue weighted by atomic mass is 35.5. The van der Waals surface area contributed by atoms with Crippen molar-refractivity contribution in [2.75, 3.05) is 34.0 Å². The molecule has 1 unspecified atom stereocenters. The van der Waals surface area contributed by atoms with Crippen molar-refractivity contribution >= 4 is 52.5 Å². The zero-order valence-corrected chi connectivity index (χ0v) is 20.3. The quantitative estimate of drug-likeness (QED) is 0.528. The molecule has 2 aliphatic rings. The van der Waals surface area contributed by atoms with Crippen LogP contribution in [-0.2, 0) is 9.59 Å². The van der Waals surface area contributed by atoms with Gasteiger partial charge in [0, 0.05) is 25.6 Å². The number of para-hydroxylation sites is 3. The summed E-state index contributed by atoms with van der Waals surface area (Å²) < 4.78 is 1.94. The van der Waals surface area contributed by atoms with Crippen molar-refractivity contribution in [2.45, 2.75) is 37.4 Å². The normalized spacial score (nSPS) is 17.9. The second-order valence-corrected chi connectivity index (χ2v) is 9.78. The number of rotatable bonds is 5. The number of carbonyl (C=O) groups is 2. The van der Waals surface area contributed by atoms with E-state index in [2.05, 4.69) is 20.4 Å². The zero-order chi connectivity index (χ0) is 23.7. The molecule has 1 N–H and O–H groups in total. The van der Waals surface area contributed by atoms with Crippen LogP contribution in [0.3, 0.4) is 0 Å². The number of fused-ring (bicyclic) bond motifs is 1. The maximum absolute atomic E-state index is 13.5. The summed E-state index contributed by atoms with van der Waals surface area (Å²) in [6, 6.07) is 14.7. The number of halogens is 1. The second-order valence-electron chi connectivity index (χ2n) is 8.43. The highest BCUT2D eigenvalue weighted by molar-refractivity contribution is 7.99. The largest absolute Gasteiger partial charge is 0.341 e. The molecule has 2 aliphatic heterocycles. The second kappa shape index (κ2) is 9.68. The number of benzene rings is 2. The van der Waals surface area contributed by atoms with Crippen LogP contribution in [0.4, 0.5) is 17.3 Å². The van der Waals surface area contributed by atoms with Gasteiger partial charge in [0.05, 0.1) is 27.8 Å². The third-order valence-electron chi connectivity index (χ3n) is 6.05. The molecule has 1 saturated heterocycles. The summed E-state index contributed by atoms with van der Waals surface area (Å²) in [5.41, 5.74) is 2.14. The Morgan fingerprint density at radius 1 is 1.09 bits per heavy atom. The molecule has 0 bridgehead atoms. The molecule has 1 fully saturated rings. The van der Waals surface area contributed by atoms with E-state index in [4.69, 9.17) is 11.6 Å². The molecule has 3 aromatic rings. The van der Waals surface area contributed by atoms with Crippen LogP contribution in [0.25, 0.3) is 5.69 Å². The van der Waals surface area contributed by atoms with E-state index in [0.29, 0.717) is 21.6 Å². The zero-order valence-electron chi connectivity index (χ0n) is 18.8. The molecule has 8 nitrogen and oxygen atoms in total. The van der Waals surface area contributed by atoms with E-state index in [-0.39, 0.29) is 30.0 Å². The van der Waals surface area contributed by atoms with Crippen LogP contribution >= 0.6 is 23.4 Å². The van der Waals surface area contributed by atoms with Crippen molar-refractivity contribution in [2.24, 2.45) is 0 Å². The van der Waals surface area contributed by atoms with Crippen LogP contribution in [0.15, 0.2) is 53.7 Å². The van der Waals surface area contributed by atoms with Crippen molar-refractivity contribution < 1.29 is 9.59 Å². The van der Waals surface area contributed by atoms with Crippen molar-refractivity contribution in [1.82, 2.24) is 14.8 Å². The first-order valence-corrected chi connectivity index (χ1v) is 12.7. The molecule has 5 rings (SSSR count). The van der Waals surface area contributed by atoms with Gasteiger partial charge in [-0.25, -0.2) is 0 Å². The van der Waals surface area contributed by atoms with Gasteiger partial charge in [0.25, 0.3) is 0 Å². The molecule has 0 saturated carbocycles. The number of nitrogens with one attached hydrogen (secondary N) is 1. The molecule has 10 heteroatoms. The lowest BCUT2D eigenvalue weighted by atomic mass is 10.2. The number of nitrogens with zero attached hydrogens (tertiary/aromatic N) is 5. The molecule has 2 amide bonds. The van der Waals surface area contributed by atoms with Gasteiger partial charge in [0.1, 0.15) is 0 Å². The third kappa shape index (κ3) is 4.37. The number of thioether (sulfide) groups is 1. The number of carbonyl (C=O) groups excluding carboxylic acids is 2. The molecular weight excluding hydrogens is 472 g/mol. The summed E-state index contributed by atoms with van der Waals surface area (Å²) in [6.45, 7) is 3.71. The minimum atomic E-state index is -0.265. The number of aromatic nitrogens is 3. The molecule has 0 radical (unpaired) electrons. The van der Waals surface area contributed by atoms with Gasteiger partial charge in [0.2, 0.25) is 17.8 Å². The summed E-state index contributed by atoms with van der Waals surface area (Å²) in [4.78, 5) is 29.6. The average molecular weight is 497 g/mol. The first-order valence-electron chi connectivity index (χ1n) is 11.3. The first kappa shape index (κ1) is 22.7. The van der Waals surface area contributed by atoms with Crippen molar-refractivity contribution in [3.05, 3.63) is 53.6 Å². The summed E-state index contributed by atoms with van der Waals surface area (Å²) in [7, 11) is 0. The topological polar surface area (TPSA) is 83.4 Å². The fraction of sp³-hybridized carbons (Fsp3) is 0.333. The Bertz CT molecular complexity index is 1230. The Morgan fingerprint density at radius 3 is 2.56 bits per heavy atom. The minimum absolute atomic E-state index is 0.0992. The Balaban J connectivity index is 1.44. The Hall–Kier alpha value is -3.04. The number of anilines is 3. The molecule has 176 valence electrons. The maximum Gasteiger partial charge on any atom is 0.237 e. The Kier molecular flexibility index (Phi) is 6.47. The molecule has 1 atom stereocenters. The van der Waals surface area contributed by atoms with E-state index < -0.39 is 0 Å². The van der Waals surface area contributed by atoms with E-state index in [1.54, 1.807) is 4.90 Å². The lowest BCUT2D eigenvalue weighted by Crippen LogP contribution is -2.40. The Morgan fingerprint density at radius 2 is 1.79 bits per heavy atom. The van der Waals surface area contributed by atoms with E-state index in [1.807, 2.05) is 60.0 Å². The number of hydrogen-bond donors (Lipinski definition) is 1. The standard InChI is InChI=1S/C24H25ClN6O2S/c1-16-14-21(32)26-18-9-3-5-11-20(18)30(16)22(33)15-34-24-28-27-23(29-12-6-7-13-29)31(24)19-10-4-2-8-17(19)25/h2-5,8-11,16H,6-7,12-15H2,1H3,(H,26,32). The SMILES string of the molecule is CC1CC(=O)Nc2ccccc2N1C(=O)CSc1nnc(N2CCCC2)n1-c1ccccc1Cl. The molecule has 0 spiro atoms. The molecule has 1 aromatic heterocycles. The average Bonchev–Trinajstić information content (AvgIpc) is 3.46. The third-order valence-corrected chi connectivity index (χ3v) is 7.28. The predicted molar refractivity (Wildman–Crippen MR) is 135 cm³/mol. The summed E-state index contributed by atoms with van der Waals surface area (Å²) in [5.74, 6) is 0.688. The van der Waals surface area contributed by atoms with Crippen LogP contribution in [0.1, 0.15) is 26.2 Å². The monoisotopic (exact) mass is 496 g/mol. The van der Waals surface area contributed by atoms with Gasteiger partial charge >= 0.3 is 0 Å². The van der Waals surface area contributed by atoms with E-state index in [0.717, 1.165) is 37.6 Å². The summed E-state index contributed by atoms with van der Waals surface area (Å²) in [6.07, 6.45) is 2.45. The van der Waals surface area contributed by atoms with Gasteiger partial charge < -0.3 is 15.1 Å². The van der Waals surface area contributed by atoms with Gasteiger partial charge in [-0.15, -0.1) is 10.2 Å². The highest BCUT2D eigenvalue weighted by Crippen LogP contribution is 2.34. The van der Waals surface area contributed by atoms with E-state index >= 15 is 0 Å². The molecule has 2 aromatic carbocycles. The van der Waals surface area contributed by atoms with Gasteiger partial charge in [-0.1, -0.05) is 47.6 Å². The van der Waals surface area contributed by atoms with Gasteiger partial charge in [0.15, 0.2) is 5.16 Å². The van der Waals surface area contributed by atoms with Gasteiger partial charge in [-0.2, -0.15) is 0 Å². The van der Waals surface area contributed by atoms with E-state index in [9.17, 15) is 9.59 Å². The van der Waals surface area contributed by atoms with Crippen molar-refractivity contribution in [3.63, 3.8) is 0 Å². The number of hydrogen-bond acceptors (Lipinski definition) is 6. The summed E-state index contributed by atoms with van der Waals surface area (Å²) >= 11 is 7.86. The lowest BCUT2D eigenvalue weighted by molar-refractivity contribution is -0.117. The fourth-order valence-corrected chi connectivity index (χ4v) is 5.50. The molecule has 34 heavy (non-hydrogen) atoms. The highest BCUT2D eigenvalue weighted by Gasteiger charge is 2.30. The van der Waals surface area contributed by atoms with Gasteiger partial charge in [-0.05, 0) is 44.0 Å². The maximum atomic E-state index is 13.5. The molecule has 0 aliphatic carbocycles. The van der Waals surface area contributed by atoms with Crippen LogP contribution in [0.2, 0.25) is 5.02 Å². The minimum Gasteiger partial charge on any atom is -0.341 e. The van der Waals surface area contributed by atoms with Crippen LogP contribution in [0, 0.1) is 0 Å². The summed E-state index contributed by atoms with van der Waals surface area (Å²) in [5, 5.41) is 13.0. The van der Waals surface area contributed by atoms with Crippen molar-refractivity contribution in [1.29, 1.82) is 0 Å². The Labute approximate surface area is 207 Å². The van der Waals surface area contributed by atoms with Crippen LogP contribution in [0.5, 0.6) is 0 Å².